The predicted molar refractivity (Wildman–Crippen MR) is 101 cm³/mol. The van der Waals surface area contributed by atoms with Crippen LogP contribution in [0.4, 0.5) is 0 Å². The fourth-order valence-corrected chi connectivity index (χ4v) is 3.29. The molecule has 0 saturated carbocycles. The normalized spacial score (nSPS) is 15.0. The van der Waals surface area contributed by atoms with E-state index in [1.54, 1.807) is 4.90 Å². The van der Waals surface area contributed by atoms with E-state index in [2.05, 4.69) is 4.98 Å². The number of aryl methyl sites for hydroxylation is 2. The number of ether oxygens (including phenoxy) is 1. The maximum absolute atomic E-state index is 12.6. The van der Waals surface area contributed by atoms with Gasteiger partial charge in [-0.05, 0) is 45.7 Å². The summed E-state index contributed by atoms with van der Waals surface area (Å²) >= 11 is 0. The quantitative estimate of drug-likeness (QED) is 0.755. The average molecular weight is 370 g/mol. The molecule has 0 radical (unpaired) electrons. The molecule has 27 heavy (non-hydrogen) atoms. The highest BCUT2D eigenvalue weighted by atomic mass is 16.5. The van der Waals surface area contributed by atoms with Gasteiger partial charge in [0.15, 0.2) is 0 Å². The zero-order valence-electron chi connectivity index (χ0n) is 16.2. The minimum atomic E-state index is -0.153. The van der Waals surface area contributed by atoms with Gasteiger partial charge in [0.1, 0.15) is 5.76 Å². The minimum Gasteiger partial charge on any atom is -0.466 e. The number of benzene rings is 1. The van der Waals surface area contributed by atoms with Crippen LogP contribution in [0.2, 0.25) is 0 Å². The molecule has 1 aliphatic rings. The SMILES string of the molecule is CCOC(=O)C1CCN(C(=O)Cc2nc(-c3ccc(C)cc3)oc2C)CC1. The van der Waals surface area contributed by atoms with Crippen molar-refractivity contribution >= 4 is 11.9 Å². The Bertz CT molecular complexity index is 802. The Morgan fingerprint density at radius 2 is 1.85 bits per heavy atom. The van der Waals surface area contributed by atoms with Crippen molar-refractivity contribution in [1.82, 2.24) is 9.88 Å². The molecule has 1 aromatic heterocycles. The van der Waals surface area contributed by atoms with Gasteiger partial charge in [-0.2, -0.15) is 0 Å². The third-order valence-electron chi connectivity index (χ3n) is 4.98. The zero-order valence-corrected chi connectivity index (χ0v) is 16.2. The Balaban J connectivity index is 1.60. The summed E-state index contributed by atoms with van der Waals surface area (Å²) in [6.45, 7) is 7.21. The van der Waals surface area contributed by atoms with Gasteiger partial charge in [0.05, 0.1) is 24.6 Å². The maximum Gasteiger partial charge on any atom is 0.309 e. The van der Waals surface area contributed by atoms with Crippen LogP contribution in [0.3, 0.4) is 0 Å². The number of rotatable bonds is 5. The van der Waals surface area contributed by atoms with E-state index in [0.717, 1.165) is 5.56 Å². The van der Waals surface area contributed by atoms with Crippen LogP contribution in [-0.2, 0) is 20.7 Å². The van der Waals surface area contributed by atoms with Gasteiger partial charge in [-0.15, -0.1) is 0 Å². The van der Waals surface area contributed by atoms with Crippen LogP contribution in [0.15, 0.2) is 28.7 Å². The van der Waals surface area contributed by atoms with Crippen molar-refractivity contribution in [3.63, 3.8) is 0 Å². The number of esters is 1. The van der Waals surface area contributed by atoms with Crippen LogP contribution < -0.4 is 0 Å². The summed E-state index contributed by atoms with van der Waals surface area (Å²) in [5, 5.41) is 0. The second kappa shape index (κ2) is 8.37. The van der Waals surface area contributed by atoms with Crippen molar-refractivity contribution in [3.05, 3.63) is 41.3 Å². The molecule has 3 rings (SSSR count). The summed E-state index contributed by atoms with van der Waals surface area (Å²) in [5.74, 6) is 0.969. The van der Waals surface area contributed by atoms with Gasteiger partial charge in [0.25, 0.3) is 0 Å². The van der Waals surface area contributed by atoms with E-state index in [1.165, 1.54) is 5.56 Å². The number of amides is 1. The van der Waals surface area contributed by atoms with Gasteiger partial charge in [0, 0.05) is 18.7 Å². The van der Waals surface area contributed by atoms with Gasteiger partial charge < -0.3 is 14.1 Å². The largest absolute Gasteiger partial charge is 0.466 e. The van der Waals surface area contributed by atoms with Gasteiger partial charge >= 0.3 is 5.97 Å². The topological polar surface area (TPSA) is 72.6 Å². The minimum absolute atomic E-state index is 0.0177. The molecule has 0 spiro atoms. The second-order valence-electron chi connectivity index (χ2n) is 6.97. The molecule has 6 nitrogen and oxygen atoms in total. The van der Waals surface area contributed by atoms with Gasteiger partial charge in [0.2, 0.25) is 11.8 Å². The number of nitrogens with zero attached hydrogens (tertiary/aromatic N) is 2. The molecule has 0 unspecified atom stereocenters. The van der Waals surface area contributed by atoms with Crippen LogP contribution >= 0.6 is 0 Å². The summed E-state index contributed by atoms with van der Waals surface area (Å²) in [6.07, 6.45) is 1.51. The molecule has 1 aliphatic heterocycles. The molecule has 2 aromatic rings. The van der Waals surface area contributed by atoms with Gasteiger partial charge in [-0.3, -0.25) is 9.59 Å². The number of likely N-dealkylation sites (tertiary alicyclic amines) is 1. The molecule has 144 valence electrons. The van der Waals surface area contributed by atoms with Gasteiger partial charge in [-0.25, -0.2) is 4.98 Å². The molecule has 1 saturated heterocycles. The number of oxazole rings is 1. The Morgan fingerprint density at radius 1 is 1.19 bits per heavy atom. The molecule has 2 heterocycles. The average Bonchev–Trinajstić information content (AvgIpc) is 3.03. The van der Waals surface area contributed by atoms with Crippen molar-refractivity contribution < 1.29 is 18.7 Å². The molecule has 0 aliphatic carbocycles. The lowest BCUT2D eigenvalue weighted by Crippen LogP contribution is -2.41. The first-order valence-corrected chi connectivity index (χ1v) is 9.45. The van der Waals surface area contributed by atoms with Gasteiger partial charge in [-0.1, -0.05) is 17.7 Å². The molecule has 1 aromatic carbocycles. The number of hydrogen-bond acceptors (Lipinski definition) is 5. The van der Waals surface area contributed by atoms with E-state index < -0.39 is 0 Å². The smallest absolute Gasteiger partial charge is 0.309 e. The number of piperidine rings is 1. The highest BCUT2D eigenvalue weighted by Gasteiger charge is 2.28. The summed E-state index contributed by atoms with van der Waals surface area (Å²) in [6, 6.07) is 7.94. The summed E-state index contributed by atoms with van der Waals surface area (Å²) in [5.41, 5.74) is 2.74. The number of carbonyl (C=O) groups is 2. The van der Waals surface area contributed by atoms with E-state index in [0.29, 0.717) is 49.9 Å². The summed E-state index contributed by atoms with van der Waals surface area (Å²) in [7, 11) is 0. The lowest BCUT2D eigenvalue weighted by molar-refractivity contribution is -0.151. The van der Waals surface area contributed by atoms with Crippen LogP contribution in [0.1, 0.15) is 36.8 Å². The molecule has 0 N–H and O–H groups in total. The summed E-state index contributed by atoms with van der Waals surface area (Å²) in [4.78, 5) is 30.8. The highest BCUT2D eigenvalue weighted by Crippen LogP contribution is 2.24. The lowest BCUT2D eigenvalue weighted by atomic mass is 9.96. The first-order valence-electron chi connectivity index (χ1n) is 9.45. The number of hydrogen-bond donors (Lipinski definition) is 0. The van der Waals surface area contributed by atoms with Crippen molar-refractivity contribution in [1.29, 1.82) is 0 Å². The number of carbonyl (C=O) groups excluding carboxylic acids is 2. The van der Waals surface area contributed by atoms with E-state index >= 15 is 0 Å². The van der Waals surface area contributed by atoms with Crippen molar-refractivity contribution in [2.24, 2.45) is 5.92 Å². The third kappa shape index (κ3) is 4.56. The van der Waals surface area contributed by atoms with E-state index in [4.69, 9.17) is 9.15 Å². The van der Waals surface area contributed by atoms with E-state index in [9.17, 15) is 9.59 Å². The molecule has 0 bridgehead atoms. The van der Waals surface area contributed by atoms with Crippen LogP contribution in [0.25, 0.3) is 11.5 Å². The van der Waals surface area contributed by atoms with Crippen molar-refractivity contribution in [2.45, 2.75) is 40.0 Å². The fourth-order valence-electron chi connectivity index (χ4n) is 3.29. The van der Waals surface area contributed by atoms with Crippen LogP contribution in [0.5, 0.6) is 0 Å². The standard InChI is InChI=1S/C21H26N2O4/c1-4-26-21(25)17-9-11-23(12-10-17)19(24)13-18-15(3)27-20(22-18)16-7-5-14(2)6-8-16/h5-8,17H,4,9-13H2,1-3H3. The Morgan fingerprint density at radius 3 is 2.48 bits per heavy atom. The third-order valence-corrected chi connectivity index (χ3v) is 4.98. The highest BCUT2D eigenvalue weighted by molar-refractivity contribution is 5.79. The van der Waals surface area contributed by atoms with Crippen LogP contribution in [-0.4, -0.2) is 41.5 Å². The molecule has 1 amide bonds. The van der Waals surface area contributed by atoms with E-state index in [1.807, 2.05) is 45.0 Å². The molecule has 6 heteroatoms. The van der Waals surface area contributed by atoms with Crippen molar-refractivity contribution in [2.75, 3.05) is 19.7 Å². The molecule has 1 fully saturated rings. The fraction of sp³-hybridized carbons (Fsp3) is 0.476. The molecular formula is C21H26N2O4. The number of aromatic nitrogens is 1. The monoisotopic (exact) mass is 370 g/mol. The molecular weight excluding hydrogens is 344 g/mol. The summed E-state index contributed by atoms with van der Waals surface area (Å²) < 4.78 is 10.8. The Labute approximate surface area is 159 Å². The lowest BCUT2D eigenvalue weighted by Gasteiger charge is -2.30. The Kier molecular flexibility index (Phi) is 5.94. The zero-order chi connectivity index (χ0) is 19.4. The maximum atomic E-state index is 12.6. The second-order valence-corrected chi connectivity index (χ2v) is 6.97. The van der Waals surface area contributed by atoms with Crippen LogP contribution in [0, 0.1) is 19.8 Å². The predicted octanol–water partition coefficient (Wildman–Crippen LogP) is 3.30. The molecule has 0 atom stereocenters. The first kappa shape index (κ1) is 19.1. The van der Waals surface area contributed by atoms with E-state index in [-0.39, 0.29) is 24.2 Å². The first-order chi connectivity index (χ1) is 13.0. The van der Waals surface area contributed by atoms with Crippen molar-refractivity contribution in [3.8, 4) is 11.5 Å². The Hall–Kier alpha value is -2.63.